The number of aryl methyl sites for hydroxylation is 2. The van der Waals surface area contributed by atoms with Crippen LogP contribution in [0.4, 0.5) is 4.39 Å². The summed E-state index contributed by atoms with van der Waals surface area (Å²) in [6, 6.07) is 6.09. The van der Waals surface area contributed by atoms with Crippen LogP contribution in [-0.4, -0.2) is 53.6 Å². The van der Waals surface area contributed by atoms with Gasteiger partial charge < -0.3 is 14.2 Å². The van der Waals surface area contributed by atoms with Crippen LogP contribution in [0.1, 0.15) is 17.0 Å². The smallest absolute Gasteiger partial charge is 0.260 e. The lowest BCUT2D eigenvalue weighted by atomic mass is 10.2. The van der Waals surface area contributed by atoms with Gasteiger partial charge in [-0.15, -0.1) is 0 Å². The monoisotopic (exact) mass is 347 g/mol. The van der Waals surface area contributed by atoms with Gasteiger partial charge in [0.1, 0.15) is 5.76 Å². The molecule has 1 saturated heterocycles. The Balaban J connectivity index is 1.47. The highest BCUT2D eigenvalue weighted by Crippen LogP contribution is 2.17. The maximum Gasteiger partial charge on any atom is 0.260 e. The van der Waals surface area contributed by atoms with Gasteiger partial charge in [-0.2, -0.15) is 0 Å². The van der Waals surface area contributed by atoms with E-state index in [0.29, 0.717) is 13.1 Å². The molecule has 134 valence electrons. The fourth-order valence-corrected chi connectivity index (χ4v) is 2.90. The number of piperazine rings is 1. The molecule has 0 N–H and O–H groups in total. The zero-order chi connectivity index (χ0) is 17.8. The molecule has 6 nitrogen and oxygen atoms in total. The number of halogens is 1. The highest BCUT2D eigenvalue weighted by atomic mass is 19.1. The van der Waals surface area contributed by atoms with Crippen molar-refractivity contribution in [2.24, 2.45) is 0 Å². The normalized spacial score (nSPS) is 15.4. The molecule has 0 bridgehead atoms. The lowest BCUT2D eigenvalue weighted by Gasteiger charge is -2.34. The van der Waals surface area contributed by atoms with Crippen LogP contribution in [0.5, 0.6) is 5.75 Å². The number of para-hydroxylation sites is 1. The SMILES string of the molecule is Cc1noc(C)c1CN1CCN(C(=O)COc2ccccc2F)CC1. The van der Waals surface area contributed by atoms with Gasteiger partial charge >= 0.3 is 0 Å². The summed E-state index contributed by atoms with van der Waals surface area (Å²) in [5.74, 6) is 0.363. The molecule has 1 amide bonds. The van der Waals surface area contributed by atoms with Gasteiger partial charge in [-0.1, -0.05) is 17.3 Å². The molecule has 0 atom stereocenters. The maximum absolute atomic E-state index is 13.5. The Morgan fingerprint density at radius 1 is 1.24 bits per heavy atom. The minimum atomic E-state index is -0.459. The minimum Gasteiger partial charge on any atom is -0.481 e. The number of hydrogen-bond donors (Lipinski definition) is 0. The zero-order valence-corrected chi connectivity index (χ0v) is 14.5. The van der Waals surface area contributed by atoms with E-state index in [1.807, 2.05) is 13.8 Å². The molecule has 1 aromatic carbocycles. The van der Waals surface area contributed by atoms with E-state index in [2.05, 4.69) is 10.1 Å². The standard InChI is InChI=1S/C18H22FN3O3/c1-13-15(14(2)25-20-13)11-21-7-9-22(10-8-21)18(23)12-24-17-6-4-3-5-16(17)19/h3-6H,7-12H2,1-2H3. The summed E-state index contributed by atoms with van der Waals surface area (Å²) in [5.41, 5.74) is 2.02. The average molecular weight is 347 g/mol. The van der Waals surface area contributed by atoms with Crippen molar-refractivity contribution in [3.8, 4) is 5.75 Å². The first-order valence-corrected chi connectivity index (χ1v) is 8.34. The number of nitrogens with zero attached hydrogens (tertiary/aromatic N) is 3. The molecule has 0 spiro atoms. The summed E-state index contributed by atoms with van der Waals surface area (Å²) < 4.78 is 24.0. The number of carbonyl (C=O) groups excluding carboxylic acids is 1. The molecule has 2 aromatic rings. The molecule has 0 unspecified atom stereocenters. The van der Waals surface area contributed by atoms with Gasteiger partial charge in [-0.25, -0.2) is 4.39 Å². The predicted molar refractivity (Wildman–Crippen MR) is 89.7 cm³/mol. The third-order valence-electron chi connectivity index (χ3n) is 4.48. The Bertz CT molecular complexity index is 719. The van der Waals surface area contributed by atoms with E-state index in [0.717, 1.165) is 36.7 Å². The van der Waals surface area contributed by atoms with Gasteiger partial charge in [0.15, 0.2) is 18.2 Å². The second kappa shape index (κ2) is 7.65. The predicted octanol–water partition coefficient (Wildman–Crippen LogP) is 2.15. The first-order valence-electron chi connectivity index (χ1n) is 8.34. The zero-order valence-electron chi connectivity index (χ0n) is 14.5. The van der Waals surface area contributed by atoms with Crippen LogP contribution in [0.2, 0.25) is 0 Å². The number of rotatable bonds is 5. The Morgan fingerprint density at radius 3 is 2.60 bits per heavy atom. The molecule has 1 aromatic heterocycles. The fourth-order valence-electron chi connectivity index (χ4n) is 2.90. The molecule has 25 heavy (non-hydrogen) atoms. The van der Waals surface area contributed by atoms with Crippen LogP contribution >= 0.6 is 0 Å². The van der Waals surface area contributed by atoms with Gasteiger partial charge in [0.2, 0.25) is 0 Å². The maximum atomic E-state index is 13.5. The Kier molecular flexibility index (Phi) is 5.33. The molecule has 1 aliphatic rings. The molecular formula is C18H22FN3O3. The Morgan fingerprint density at radius 2 is 1.96 bits per heavy atom. The van der Waals surface area contributed by atoms with E-state index < -0.39 is 5.82 Å². The lowest BCUT2D eigenvalue weighted by Crippen LogP contribution is -2.49. The topological polar surface area (TPSA) is 58.8 Å². The fraction of sp³-hybridized carbons (Fsp3) is 0.444. The molecular weight excluding hydrogens is 325 g/mol. The van der Waals surface area contributed by atoms with Crippen LogP contribution in [0.15, 0.2) is 28.8 Å². The Hall–Kier alpha value is -2.41. The summed E-state index contributed by atoms with van der Waals surface area (Å²) in [5, 5.41) is 3.97. The molecule has 0 aliphatic carbocycles. The second-order valence-corrected chi connectivity index (χ2v) is 6.18. The van der Waals surface area contributed by atoms with Crippen LogP contribution in [0, 0.1) is 19.7 Å². The van der Waals surface area contributed by atoms with Crippen LogP contribution < -0.4 is 4.74 Å². The van der Waals surface area contributed by atoms with Crippen molar-refractivity contribution in [3.63, 3.8) is 0 Å². The van der Waals surface area contributed by atoms with Gasteiger partial charge in [-0.05, 0) is 26.0 Å². The molecule has 0 radical (unpaired) electrons. The quantitative estimate of drug-likeness (QED) is 0.829. The lowest BCUT2D eigenvalue weighted by molar-refractivity contribution is -0.135. The first-order chi connectivity index (χ1) is 12.0. The van der Waals surface area contributed by atoms with Crippen molar-refractivity contribution in [2.75, 3.05) is 32.8 Å². The highest BCUT2D eigenvalue weighted by molar-refractivity contribution is 5.77. The molecule has 1 aliphatic heterocycles. The van der Waals surface area contributed by atoms with E-state index in [1.165, 1.54) is 12.1 Å². The summed E-state index contributed by atoms with van der Waals surface area (Å²) in [7, 11) is 0. The van der Waals surface area contributed by atoms with Crippen molar-refractivity contribution in [1.29, 1.82) is 0 Å². The molecule has 2 heterocycles. The largest absolute Gasteiger partial charge is 0.481 e. The van der Waals surface area contributed by atoms with Crippen LogP contribution in [0.3, 0.4) is 0 Å². The van der Waals surface area contributed by atoms with Crippen molar-refractivity contribution in [3.05, 3.63) is 47.1 Å². The highest BCUT2D eigenvalue weighted by Gasteiger charge is 2.23. The Labute approximate surface area is 146 Å². The minimum absolute atomic E-state index is 0.105. The third-order valence-corrected chi connectivity index (χ3v) is 4.48. The summed E-state index contributed by atoms with van der Waals surface area (Å²) >= 11 is 0. The number of amides is 1. The number of aromatic nitrogens is 1. The van der Waals surface area contributed by atoms with E-state index >= 15 is 0 Å². The van der Waals surface area contributed by atoms with Crippen molar-refractivity contribution < 1.29 is 18.4 Å². The van der Waals surface area contributed by atoms with E-state index in [-0.39, 0.29) is 18.3 Å². The van der Waals surface area contributed by atoms with E-state index in [1.54, 1.807) is 17.0 Å². The molecule has 7 heteroatoms. The third kappa shape index (κ3) is 4.17. The van der Waals surface area contributed by atoms with Crippen LogP contribution in [-0.2, 0) is 11.3 Å². The average Bonchev–Trinajstić information content (AvgIpc) is 2.93. The molecule has 0 saturated carbocycles. The number of carbonyl (C=O) groups is 1. The number of hydrogen-bond acceptors (Lipinski definition) is 5. The van der Waals surface area contributed by atoms with Gasteiger partial charge in [-0.3, -0.25) is 9.69 Å². The second-order valence-electron chi connectivity index (χ2n) is 6.18. The number of ether oxygens (including phenoxy) is 1. The van der Waals surface area contributed by atoms with E-state index in [4.69, 9.17) is 9.26 Å². The van der Waals surface area contributed by atoms with Crippen molar-refractivity contribution >= 4 is 5.91 Å². The van der Waals surface area contributed by atoms with Gasteiger partial charge in [0, 0.05) is 38.3 Å². The molecule has 3 rings (SSSR count). The summed E-state index contributed by atoms with van der Waals surface area (Å²) in [6.45, 7) is 7.28. The van der Waals surface area contributed by atoms with Gasteiger partial charge in [0.05, 0.1) is 5.69 Å². The van der Waals surface area contributed by atoms with Crippen molar-refractivity contribution in [2.45, 2.75) is 20.4 Å². The summed E-state index contributed by atoms with van der Waals surface area (Å²) in [6.07, 6.45) is 0. The summed E-state index contributed by atoms with van der Waals surface area (Å²) in [4.78, 5) is 16.3. The van der Waals surface area contributed by atoms with Crippen molar-refractivity contribution in [1.82, 2.24) is 15.0 Å². The van der Waals surface area contributed by atoms with Gasteiger partial charge in [0.25, 0.3) is 5.91 Å². The van der Waals surface area contributed by atoms with Crippen LogP contribution in [0.25, 0.3) is 0 Å². The molecule has 1 fully saturated rings. The number of benzene rings is 1. The first kappa shape index (κ1) is 17.4. The van der Waals surface area contributed by atoms with E-state index in [9.17, 15) is 9.18 Å².